The third kappa shape index (κ3) is 7.30. The van der Waals surface area contributed by atoms with Gasteiger partial charge in [0.2, 0.25) is 5.91 Å². The van der Waals surface area contributed by atoms with Crippen molar-refractivity contribution in [3.63, 3.8) is 0 Å². The summed E-state index contributed by atoms with van der Waals surface area (Å²) in [7, 11) is 0. The Morgan fingerprint density at radius 2 is 1.83 bits per heavy atom. The van der Waals surface area contributed by atoms with Gasteiger partial charge in [0.05, 0.1) is 0 Å². The Morgan fingerprint density at radius 3 is 2.22 bits per heavy atom. The van der Waals surface area contributed by atoms with Crippen molar-refractivity contribution in [2.45, 2.75) is 66.3 Å². The van der Waals surface area contributed by atoms with Crippen molar-refractivity contribution in [2.75, 3.05) is 0 Å². The second-order valence-electron chi connectivity index (χ2n) is 6.18. The highest BCUT2D eigenvalue weighted by molar-refractivity contribution is 5.83. The van der Waals surface area contributed by atoms with Crippen molar-refractivity contribution >= 4 is 11.9 Å². The number of hydrogen-bond donors (Lipinski definition) is 2. The summed E-state index contributed by atoms with van der Waals surface area (Å²) in [5, 5.41) is 11.7. The zero-order chi connectivity index (χ0) is 14.3. The van der Waals surface area contributed by atoms with Gasteiger partial charge in [-0.2, -0.15) is 0 Å². The van der Waals surface area contributed by atoms with Crippen LogP contribution >= 0.6 is 0 Å². The van der Waals surface area contributed by atoms with E-state index in [1.54, 1.807) is 0 Å². The van der Waals surface area contributed by atoms with Crippen LogP contribution in [0.4, 0.5) is 0 Å². The average Bonchev–Trinajstić information content (AvgIpc) is 2.22. The molecular weight excluding hydrogens is 230 g/mol. The smallest absolute Gasteiger partial charge is 0.326 e. The number of carbonyl (C=O) groups is 2. The molecule has 18 heavy (non-hydrogen) atoms. The largest absolute Gasteiger partial charge is 0.480 e. The molecule has 0 unspecified atom stereocenters. The second-order valence-corrected chi connectivity index (χ2v) is 6.18. The maximum atomic E-state index is 11.7. The number of carbonyl (C=O) groups excluding carboxylic acids is 1. The second kappa shape index (κ2) is 7.39. The van der Waals surface area contributed by atoms with Crippen LogP contribution < -0.4 is 5.32 Å². The quantitative estimate of drug-likeness (QED) is 0.737. The van der Waals surface area contributed by atoms with E-state index in [1.807, 2.05) is 13.8 Å². The number of aliphatic carboxylic acids is 1. The fraction of sp³-hybridized carbons (Fsp3) is 0.857. The summed E-state index contributed by atoms with van der Waals surface area (Å²) >= 11 is 0. The van der Waals surface area contributed by atoms with Crippen LogP contribution in [0.1, 0.15) is 60.3 Å². The highest BCUT2D eigenvalue weighted by Crippen LogP contribution is 2.21. The third-order valence-electron chi connectivity index (χ3n) is 3.13. The molecule has 0 aromatic rings. The number of carboxylic acids is 1. The van der Waals surface area contributed by atoms with Crippen LogP contribution in [0.5, 0.6) is 0 Å². The van der Waals surface area contributed by atoms with Crippen LogP contribution in [0.3, 0.4) is 0 Å². The zero-order valence-corrected chi connectivity index (χ0v) is 12.2. The Balaban J connectivity index is 4.15. The van der Waals surface area contributed by atoms with Gasteiger partial charge in [0.15, 0.2) is 0 Å². The number of hydrogen-bond acceptors (Lipinski definition) is 2. The van der Waals surface area contributed by atoms with Crippen LogP contribution in [0.25, 0.3) is 0 Å². The summed E-state index contributed by atoms with van der Waals surface area (Å²) in [6.07, 6.45) is 2.89. The molecule has 1 amide bonds. The summed E-state index contributed by atoms with van der Waals surface area (Å²) in [5.41, 5.74) is 0.211. The molecule has 0 fully saturated rings. The molecule has 0 radical (unpaired) electrons. The molecule has 2 N–H and O–H groups in total. The first-order chi connectivity index (χ1) is 8.17. The van der Waals surface area contributed by atoms with E-state index < -0.39 is 12.0 Å². The van der Waals surface area contributed by atoms with Gasteiger partial charge in [0.1, 0.15) is 6.04 Å². The molecule has 0 bridgehead atoms. The molecular formula is C14H27NO3. The SMILES string of the molecule is CC[C@H](C)[C@H](NC(=O)CCCC(C)(C)C)C(=O)O. The van der Waals surface area contributed by atoms with E-state index in [1.165, 1.54) is 0 Å². The topological polar surface area (TPSA) is 66.4 Å². The lowest BCUT2D eigenvalue weighted by atomic mass is 9.90. The van der Waals surface area contributed by atoms with E-state index in [0.29, 0.717) is 6.42 Å². The number of carboxylic acid groups (broad SMARTS) is 1. The Hall–Kier alpha value is -1.06. The molecule has 0 aliphatic carbocycles. The van der Waals surface area contributed by atoms with Crippen molar-refractivity contribution < 1.29 is 14.7 Å². The molecule has 4 nitrogen and oxygen atoms in total. The highest BCUT2D eigenvalue weighted by atomic mass is 16.4. The van der Waals surface area contributed by atoms with Gasteiger partial charge in [0.25, 0.3) is 0 Å². The lowest BCUT2D eigenvalue weighted by Gasteiger charge is -2.21. The average molecular weight is 257 g/mol. The summed E-state index contributed by atoms with van der Waals surface area (Å²) in [6.45, 7) is 10.2. The Labute approximate surface area is 110 Å². The van der Waals surface area contributed by atoms with E-state index in [9.17, 15) is 9.59 Å². The standard InChI is InChI=1S/C14H27NO3/c1-6-10(2)12(13(17)18)15-11(16)8-7-9-14(3,4)5/h10,12H,6-9H2,1-5H3,(H,15,16)(H,17,18)/t10-,12-/m0/s1. The Kier molecular flexibility index (Phi) is 6.96. The van der Waals surface area contributed by atoms with Crippen molar-refractivity contribution in [3.05, 3.63) is 0 Å². The number of amides is 1. The molecule has 0 rings (SSSR count). The van der Waals surface area contributed by atoms with Gasteiger partial charge >= 0.3 is 5.97 Å². The van der Waals surface area contributed by atoms with Gasteiger partial charge < -0.3 is 10.4 Å². The molecule has 2 atom stereocenters. The lowest BCUT2D eigenvalue weighted by Crippen LogP contribution is -2.44. The Bertz CT molecular complexity index is 281. The fourth-order valence-electron chi connectivity index (χ4n) is 1.71. The first kappa shape index (κ1) is 16.9. The van der Waals surface area contributed by atoms with Crippen LogP contribution in [-0.4, -0.2) is 23.0 Å². The maximum Gasteiger partial charge on any atom is 0.326 e. The first-order valence-electron chi connectivity index (χ1n) is 6.69. The van der Waals surface area contributed by atoms with Gasteiger partial charge in [-0.25, -0.2) is 4.79 Å². The number of rotatable bonds is 7. The van der Waals surface area contributed by atoms with Gasteiger partial charge in [-0.1, -0.05) is 41.0 Å². The van der Waals surface area contributed by atoms with Crippen molar-refractivity contribution in [1.29, 1.82) is 0 Å². The summed E-state index contributed by atoms with van der Waals surface area (Å²) in [4.78, 5) is 22.7. The van der Waals surface area contributed by atoms with Crippen LogP contribution in [-0.2, 0) is 9.59 Å². The van der Waals surface area contributed by atoms with Gasteiger partial charge in [0, 0.05) is 6.42 Å². The predicted octanol–water partition coefficient (Wildman–Crippen LogP) is 2.82. The van der Waals surface area contributed by atoms with Crippen molar-refractivity contribution in [2.24, 2.45) is 11.3 Å². The highest BCUT2D eigenvalue weighted by Gasteiger charge is 2.25. The molecule has 4 heteroatoms. The molecule has 0 aliphatic heterocycles. The van der Waals surface area contributed by atoms with E-state index in [2.05, 4.69) is 26.1 Å². The third-order valence-corrected chi connectivity index (χ3v) is 3.13. The van der Waals surface area contributed by atoms with E-state index in [0.717, 1.165) is 19.3 Å². The normalized spacial score (nSPS) is 14.9. The van der Waals surface area contributed by atoms with Gasteiger partial charge in [-0.05, 0) is 24.2 Å². The lowest BCUT2D eigenvalue weighted by molar-refractivity contribution is -0.143. The maximum absolute atomic E-state index is 11.7. The zero-order valence-electron chi connectivity index (χ0n) is 12.2. The van der Waals surface area contributed by atoms with E-state index >= 15 is 0 Å². The molecule has 0 aromatic carbocycles. The molecule has 0 saturated heterocycles. The monoisotopic (exact) mass is 257 g/mol. The number of nitrogens with one attached hydrogen (secondary N) is 1. The molecule has 0 aliphatic rings. The van der Waals surface area contributed by atoms with Gasteiger partial charge in [-0.3, -0.25) is 4.79 Å². The summed E-state index contributed by atoms with van der Waals surface area (Å²) < 4.78 is 0. The van der Waals surface area contributed by atoms with Crippen LogP contribution in [0.2, 0.25) is 0 Å². The predicted molar refractivity (Wildman–Crippen MR) is 72.3 cm³/mol. The van der Waals surface area contributed by atoms with E-state index in [4.69, 9.17) is 5.11 Å². The molecule has 0 saturated carbocycles. The molecule has 0 spiro atoms. The van der Waals surface area contributed by atoms with Crippen LogP contribution in [0.15, 0.2) is 0 Å². The van der Waals surface area contributed by atoms with Gasteiger partial charge in [-0.15, -0.1) is 0 Å². The molecule has 0 aromatic heterocycles. The van der Waals surface area contributed by atoms with Crippen molar-refractivity contribution in [1.82, 2.24) is 5.32 Å². The van der Waals surface area contributed by atoms with Crippen molar-refractivity contribution in [3.8, 4) is 0 Å². The summed E-state index contributed by atoms with van der Waals surface area (Å²) in [6, 6.07) is -0.767. The van der Waals surface area contributed by atoms with Crippen LogP contribution in [0, 0.1) is 11.3 Å². The fourth-order valence-corrected chi connectivity index (χ4v) is 1.71. The minimum absolute atomic E-state index is 0.0472. The Morgan fingerprint density at radius 1 is 1.28 bits per heavy atom. The molecule has 106 valence electrons. The summed E-state index contributed by atoms with van der Waals surface area (Å²) in [5.74, 6) is -1.16. The molecule has 0 heterocycles. The minimum atomic E-state index is -0.950. The van der Waals surface area contributed by atoms with E-state index in [-0.39, 0.29) is 17.2 Å². The minimum Gasteiger partial charge on any atom is -0.480 e. The first-order valence-corrected chi connectivity index (χ1v) is 6.69.